The molecular weight excluding hydrogens is 180 g/mol. The molecule has 0 aliphatic carbocycles. The Morgan fingerprint density at radius 3 is 2.93 bits per heavy atom. The van der Waals surface area contributed by atoms with Gasteiger partial charge in [-0.3, -0.25) is 4.79 Å². The van der Waals surface area contributed by atoms with Crippen molar-refractivity contribution in [3.05, 3.63) is 12.7 Å². The largest absolute Gasteiger partial charge is 0.380 e. The molecule has 1 aliphatic heterocycles. The lowest BCUT2D eigenvalue weighted by Gasteiger charge is -2.27. The van der Waals surface area contributed by atoms with Crippen LogP contribution in [0.25, 0.3) is 0 Å². The summed E-state index contributed by atoms with van der Waals surface area (Å²) in [7, 11) is 1.64. The maximum absolute atomic E-state index is 11.5. The van der Waals surface area contributed by atoms with Gasteiger partial charge in [-0.05, 0) is 19.4 Å². The van der Waals surface area contributed by atoms with Gasteiger partial charge < -0.3 is 15.4 Å². The lowest BCUT2D eigenvalue weighted by Crippen LogP contribution is -2.41. The molecule has 80 valence electrons. The number of nitrogens with zero attached hydrogens (tertiary/aromatic N) is 1. The SMILES string of the molecule is C=CC(=O)N1C[C@@H](N)C[C@@H]1[C@@H](C)OC. The minimum absolute atomic E-state index is 0.0208. The van der Waals surface area contributed by atoms with Crippen LogP contribution in [0.2, 0.25) is 0 Å². The first-order valence-corrected chi connectivity index (χ1v) is 4.81. The van der Waals surface area contributed by atoms with E-state index in [1.54, 1.807) is 12.0 Å². The molecule has 0 aromatic heterocycles. The molecule has 0 aromatic carbocycles. The third-order valence-electron chi connectivity index (χ3n) is 2.75. The zero-order chi connectivity index (χ0) is 10.7. The monoisotopic (exact) mass is 198 g/mol. The molecule has 0 spiro atoms. The topological polar surface area (TPSA) is 55.6 Å². The number of carbonyl (C=O) groups is 1. The molecular formula is C10H18N2O2. The average molecular weight is 198 g/mol. The van der Waals surface area contributed by atoms with Gasteiger partial charge in [0.1, 0.15) is 0 Å². The van der Waals surface area contributed by atoms with Crippen LogP contribution in [0.1, 0.15) is 13.3 Å². The van der Waals surface area contributed by atoms with E-state index in [0.717, 1.165) is 6.42 Å². The zero-order valence-corrected chi connectivity index (χ0v) is 8.77. The van der Waals surface area contributed by atoms with Crippen molar-refractivity contribution in [2.24, 2.45) is 5.73 Å². The first kappa shape index (κ1) is 11.2. The second kappa shape index (κ2) is 4.57. The third-order valence-corrected chi connectivity index (χ3v) is 2.75. The summed E-state index contributed by atoms with van der Waals surface area (Å²) in [4.78, 5) is 13.2. The van der Waals surface area contributed by atoms with Crippen molar-refractivity contribution in [2.45, 2.75) is 31.5 Å². The molecule has 4 heteroatoms. The number of hydrogen-bond donors (Lipinski definition) is 1. The van der Waals surface area contributed by atoms with Gasteiger partial charge >= 0.3 is 0 Å². The van der Waals surface area contributed by atoms with E-state index in [2.05, 4.69) is 6.58 Å². The van der Waals surface area contributed by atoms with E-state index in [1.807, 2.05) is 6.92 Å². The van der Waals surface area contributed by atoms with Crippen LogP contribution in [0.15, 0.2) is 12.7 Å². The Hall–Kier alpha value is -0.870. The zero-order valence-electron chi connectivity index (χ0n) is 8.77. The Morgan fingerprint density at radius 2 is 2.43 bits per heavy atom. The van der Waals surface area contributed by atoms with E-state index in [4.69, 9.17) is 10.5 Å². The van der Waals surface area contributed by atoms with E-state index in [1.165, 1.54) is 6.08 Å². The number of amides is 1. The van der Waals surface area contributed by atoms with Gasteiger partial charge in [-0.1, -0.05) is 6.58 Å². The maximum Gasteiger partial charge on any atom is 0.246 e. The van der Waals surface area contributed by atoms with Crippen LogP contribution < -0.4 is 5.73 Å². The molecule has 3 atom stereocenters. The van der Waals surface area contributed by atoms with E-state index in [-0.39, 0.29) is 24.1 Å². The van der Waals surface area contributed by atoms with Crippen molar-refractivity contribution in [2.75, 3.05) is 13.7 Å². The maximum atomic E-state index is 11.5. The highest BCUT2D eigenvalue weighted by Gasteiger charge is 2.35. The van der Waals surface area contributed by atoms with E-state index < -0.39 is 0 Å². The number of nitrogens with two attached hydrogens (primary N) is 1. The normalized spacial score (nSPS) is 28.9. The molecule has 4 nitrogen and oxygen atoms in total. The van der Waals surface area contributed by atoms with Crippen LogP contribution >= 0.6 is 0 Å². The summed E-state index contributed by atoms with van der Waals surface area (Å²) >= 11 is 0. The summed E-state index contributed by atoms with van der Waals surface area (Å²) in [6.45, 7) is 6.03. The highest BCUT2D eigenvalue weighted by molar-refractivity contribution is 5.87. The van der Waals surface area contributed by atoms with Gasteiger partial charge in [-0.25, -0.2) is 0 Å². The number of methoxy groups -OCH3 is 1. The Kier molecular flexibility index (Phi) is 3.66. The van der Waals surface area contributed by atoms with Crippen LogP contribution in [-0.2, 0) is 9.53 Å². The molecule has 0 saturated carbocycles. The highest BCUT2D eigenvalue weighted by Crippen LogP contribution is 2.21. The van der Waals surface area contributed by atoms with Gasteiger partial charge in [0.15, 0.2) is 0 Å². The molecule has 1 amide bonds. The fourth-order valence-electron chi connectivity index (χ4n) is 1.87. The van der Waals surface area contributed by atoms with Crippen molar-refractivity contribution in [1.82, 2.24) is 4.90 Å². The predicted octanol–water partition coefficient (Wildman–Crippen LogP) is 0.135. The van der Waals surface area contributed by atoms with E-state index in [0.29, 0.717) is 6.54 Å². The average Bonchev–Trinajstić information content (AvgIpc) is 2.58. The summed E-state index contributed by atoms with van der Waals surface area (Å²) in [6.07, 6.45) is 2.15. The number of ether oxygens (including phenoxy) is 1. The Bertz CT molecular complexity index is 230. The molecule has 0 bridgehead atoms. The van der Waals surface area contributed by atoms with Crippen LogP contribution in [0.4, 0.5) is 0 Å². The standard InChI is InChI=1S/C10H18N2O2/c1-4-10(13)12-6-8(11)5-9(12)7(2)14-3/h4,7-9H,1,5-6,11H2,2-3H3/t7-,8+,9-/m1/s1. The van der Waals surface area contributed by atoms with Gasteiger partial charge in [0.25, 0.3) is 0 Å². The van der Waals surface area contributed by atoms with Crippen LogP contribution in [-0.4, -0.2) is 42.6 Å². The molecule has 0 radical (unpaired) electrons. The van der Waals surface area contributed by atoms with Crippen LogP contribution in [0.3, 0.4) is 0 Å². The molecule has 1 saturated heterocycles. The molecule has 0 aromatic rings. The molecule has 0 unspecified atom stereocenters. The number of carbonyl (C=O) groups excluding carboxylic acids is 1. The minimum Gasteiger partial charge on any atom is -0.380 e. The highest BCUT2D eigenvalue weighted by atomic mass is 16.5. The molecule has 2 N–H and O–H groups in total. The summed E-state index contributed by atoms with van der Waals surface area (Å²) in [5, 5.41) is 0. The summed E-state index contributed by atoms with van der Waals surface area (Å²) in [5.74, 6) is -0.0631. The number of hydrogen-bond acceptors (Lipinski definition) is 3. The Morgan fingerprint density at radius 1 is 1.79 bits per heavy atom. The van der Waals surface area contributed by atoms with Crippen molar-refractivity contribution in [1.29, 1.82) is 0 Å². The third kappa shape index (κ3) is 2.13. The van der Waals surface area contributed by atoms with Gasteiger partial charge in [0.05, 0.1) is 12.1 Å². The van der Waals surface area contributed by atoms with Gasteiger partial charge in [0.2, 0.25) is 5.91 Å². The Balaban J connectivity index is 2.71. The van der Waals surface area contributed by atoms with E-state index in [9.17, 15) is 4.79 Å². The first-order chi connectivity index (χ1) is 6.60. The van der Waals surface area contributed by atoms with Gasteiger partial charge in [-0.2, -0.15) is 0 Å². The second-order valence-corrected chi connectivity index (χ2v) is 3.70. The smallest absolute Gasteiger partial charge is 0.246 e. The fourth-order valence-corrected chi connectivity index (χ4v) is 1.87. The molecule has 1 heterocycles. The van der Waals surface area contributed by atoms with Crippen molar-refractivity contribution in [3.8, 4) is 0 Å². The molecule has 1 aliphatic rings. The number of rotatable bonds is 3. The summed E-state index contributed by atoms with van der Waals surface area (Å²) < 4.78 is 5.22. The molecule has 1 rings (SSSR count). The fraction of sp³-hybridized carbons (Fsp3) is 0.700. The number of likely N-dealkylation sites (tertiary alicyclic amines) is 1. The van der Waals surface area contributed by atoms with Gasteiger partial charge in [0, 0.05) is 19.7 Å². The van der Waals surface area contributed by atoms with Crippen LogP contribution in [0.5, 0.6) is 0 Å². The molecule has 1 fully saturated rings. The summed E-state index contributed by atoms with van der Waals surface area (Å²) in [5.41, 5.74) is 5.82. The van der Waals surface area contributed by atoms with Crippen molar-refractivity contribution >= 4 is 5.91 Å². The quantitative estimate of drug-likeness (QED) is 0.656. The lowest BCUT2D eigenvalue weighted by molar-refractivity contribution is -0.129. The second-order valence-electron chi connectivity index (χ2n) is 3.70. The lowest BCUT2D eigenvalue weighted by atomic mass is 10.1. The van der Waals surface area contributed by atoms with Crippen molar-refractivity contribution < 1.29 is 9.53 Å². The summed E-state index contributed by atoms with van der Waals surface area (Å²) in [6, 6.07) is 0.141. The van der Waals surface area contributed by atoms with Crippen molar-refractivity contribution in [3.63, 3.8) is 0 Å². The minimum atomic E-state index is -0.0631. The van der Waals surface area contributed by atoms with Gasteiger partial charge in [-0.15, -0.1) is 0 Å². The molecule has 14 heavy (non-hydrogen) atoms. The van der Waals surface area contributed by atoms with E-state index >= 15 is 0 Å². The predicted molar refractivity (Wildman–Crippen MR) is 54.8 cm³/mol. The van der Waals surface area contributed by atoms with Crippen LogP contribution in [0, 0.1) is 0 Å². The Labute approximate surface area is 84.7 Å². The first-order valence-electron chi connectivity index (χ1n) is 4.81.